The molecule has 0 atom stereocenters. The van der Waals surface area contributed by atoms with Gasteiger partial charge in [-0.2, -0.15) is 0 Å². The van der Waals surface area contributed by atoms with Crippen LogP contribution in [0.2, 0.25) is 0 Å². The van der Waals surface area contributed by atoms with Gasteiger partial charge in [0.15, 0.2) is 5.43 Å². The number of benzene rings is 3. The first-order valence-electron chi connectivity index (χ1n) is 11.4. The topological polar surface area (TPSA) is 71.8 Å². The van der Waals surface area contributed by atoms with Crippen LogP contribution in [0, 0.1) is 13.8 Å². The Kier molecular flexibility index (Phi) is 5.90. The average Bonchev–Trinajstić information content (AvgIpc) is 2.85. The highest BCUT2D eigenvalue weighted by Crippen LogP contribution is 2.26. The molecule has 1 aliphatic rings. The van der Waals surface area contributed by atoms with E-state index in [-0.39, 0.29) is 11.3 Å². The van der Waals surface area contributed by atoms with E-state index in [9.17, 15) is 9.59 Å². The van der Waals surface area contributed by atoms with Crippen LogP contribution < -0.4 is 15.6 Å². The van der Waals surface area contributed by atoms with Crippen molar-refractivity contribution in [2.45, 2.75) is 13.8 Å². The number of morpholine rings is 1. The number of carbonyl (C=O) groups is 1. The summed E-state index contributed by atoms with van der Waals surface area (Å²) in [6, 6.07) is 20.2. The average molecular weight is 455 g/mol. The molecule has 172 valence electrons. The van der Waals surface area contributed by atoms with Gasteiger partial charge in [0.25, 0.3) is 5.91 Å². The molecule has 0 saturated carbocycles. The number of amides is 1. The molecule has 1 fully saturated rings. The van der Waals surface area contributed by atoms with E-state index >= 15 is 0 Å². The molecule has 1 N–H and O–H groups in total. The Balaban J connectivity index is 1.32. The van der Waals surface area contributed by atoms with Crippen molar-refractivity contribution in [2.75, 3.05) is 36.5 Å². The van der Waals surface area contributed by atoms with E-state index in [0.29, 0.717) is 22.3 Å². The van der Waals surface area contributed by atoms with Crippen LogP contribution in [0.15, 0.2) is 75.9 Å². The van der Waals surface area contributed by atoms with Gasteiger partial charge in [0.2, 0.25) is 0 Å². The molecular formula is C28H26N2O4. The van der Waals surface area contributed by atoms with E-state index in [4.69, 9.17) is 9.15 Å². The minimum absolute atomic E-state index is 0.0783. The van der Waals surface area contributed by atoms with Crippen molar-refractivity contribution in [3.63, 3.8) is 0 Å². The fourth-order valence-electron chi connectivity index (χ4n) is 4.32. The van der Waals surface area contributed by atoms with Gasteiger partial charge in [-0.15, -0.1) is 0 Å². The smallest absolute Gasteiger partial charge is 0.255 e. The highest BCUT2D eigenvalue weighted by Gasteiger charge is 2.13. The molecule has 0 bridgehead atoms. The van der Waals surface area contributed by atoms with Gasteiger partial charge >= 0.3 is 0 Å². The highest BCUT2D eigenvalue weighted by molar-refractivity contribution is 6.04. The zero-order valence-corrected chi connectivity index (χ0v) is 19.3. The second kappa shape index (κ2) is 9.15. The quantitative estimate of drug-likeness (QED) is 0.461. The number of ether oxygens (including phenoxy) is 1. The van der Waals surface area contributed by atoms with Gasteiger partial charge < -0.3 is 19.4 Å². The number of nitrogens with one attached hydrogen (secondary N) is 1. The number of carbonyl (C=O) groups excluding carboxylic acids is 1. The number of nitrogens with zero attached hydrogens (tertiary/aromatic N) is 1. The lowest BCUT2D eigenvalue weighted by Crippen LogP contribution is -2.36. The molecule has 4 aromatic rings. The summed E-state index contributed by atoms with van der Waals surface area (Å²) < 4.78 is 11.5. The summed E-state index contributed by atoms with van der Waals surface area (Å²) in [7, 11) is 0. The molecule has 1 amide bonds. The fraction of sp³-hybridized carbons (Fsp3) is 0.214. The monoisotopic (exact) mass is 454 g/mol. The summed E-state index contributed by atoms with van der Waals surface area (Å²) in [5.41, 5.74) is 5.58. The number of hydrogen-bond acceptors (Lipinski definition) is 5. The summed E-state index contributed by atoms with van der Waals surface area (Å²) in [5.74, 6) is 0.284. The number of hydrogen-bond donors (Lipinski definition) is 1. The standard InChI is InChI=1S/C28H26N2O4/c1-18-15-19(2)27-24(16-18)25(31)17-26(34-27)20-3-5-21(6-4-20)28(32)29-22-7-9-23(10-8-22)30-11-13-33-14-12-30/h3-10,15-17H,11-14H2,1-2H3,(H,29,32). The summed E-state index contributed by atoms with van der Waals surface area (Å²) in [4.78, 5) is 27.7. The molecule has 0 aliphatic carbocycles. The van der Waals surface area contributed by atoms with Gasteiger partial charge in [0, 0.05) is 41.7 Å². The number of aryl methyl sites for hydroxylation is 2. The SMILES string of the molecule is Cc1cc(C)c2oc(-c3ccc(C(=O)Nc4ccc(N5CCOCC5)cc4)cc3)cc(=O)c2c1. The Morgan fingerprint density at radius 1 is 0.912 bits per heavy atom. The zero-order chi connectivity index (χ0) is 23.7. The highest BCUT2D eigenvalue weighted by atomic mass is 16.5. The van der Waals surface area contributed by atoms with E-state index in [1.807, 2.05) is 50.2 Å². The predicted molar refractivity (Wildman–Crippen MR) is 135 cm³/mol. The molecule has 3 aromatic carbocycles. The van der Waals surface area contributed by atoms with Crippen LogP contribution in [0.25, 0.3) is 22.3 Å². The first kappa shape index (κ1) is 21.9. The van der Waals surface area contributed by atoms with Crippen molar-refractivity contribution in [3.8, 4) is 11.3 Å². The van der Waals surface area contributed by atoms with Crippen LogP contribution in [-0.4, -0.2) is 32.2 Å². The molecule has 0 unspecified atom stereocenters. The molecule has 5 rings (SSSR count). The second-order valence-electron chi connectivity index (χ2n) is 8.61. The van der Waals surface area contributed by atoms with E-state index in [2.05, 4.69) is 10.2 Å². The van der Waals surface area contributed by atoms with Crippen molar-refractivity contribution in [1.29, 1.82) is 0 Å². The number of rotatable bonds is 4. The molecule has 6 nitrogen and oxygen atoms in total. The van der Waals surface area contributed by atoms with E-state index in [1.165, 1.54) is 6.07 Å². The van der Waals surface area contributed by atoms with Gasteiger partial charge in [-0.25, -0.2) is 0 Å². The predicted octanol–water partition coefficient (Wildman–Crippen LogP) is 5.17. The van der Waals surface area contributed by atoms with Crippen LogP contribution >= 0.6 is 0 Å². The number of fused-ring (bicyclic) bond motifs is 1. The summed E-state index contributed by atoms with van der Waals surface area (Å²) in [6.45, 7) is 7.10. The van der Waals surface area contributed by atoms with Crippen LogP contribution in [-0.2, 0) is 4.74 Å². The Morgan fingerprint density at radius 3 is 2.32 bits per heavy atom. The molecule has 1 saturated heterocycles. The molecule has 0 spiro atoms. The van der Waals surface area contributed by atoms with Crippen molar-refractivity contribution < 1.29 is 13.9 Å². The van der Waals surface area contributed by atoms with E-state index in [1.54, 1.807) is 24.3 Å². The lowest BCUT2D eigenvalue weighted by molar-refractivity contribution is 0.102. The van der Waals surface area contributed by atoms with E-state index in [0.717, 1.165) is 54.4 Å². The maximum Gasteiger partial charge on any atom is 0.255 e. The Bertz CT molecular complexity index is 1400. The largest absolute Gasteiger partial charge is 0.456 e. The van der Waals surface area contributed by atoms with Crippen LogP contribution in [0.3, 0.4) is 0 Å². The van der Waals surface area contributed by atoms with Crippen LogP contribution in [0.4, 0.5) is 11.4 Å². The van der Waals surface area contributed by atoms with E-state index < -0.39 is 0 Å². The van der Waals surface area contributed by atoms with Gasteiger partial charge in [-0.05, 0) is 67.4 Å². The third kappa shape index (κ3) is 4.45. The molecule has 6 heteroatoms. The molecule has 0 radical (unpaired) electrons. The van der Waals surface area contributed by atoms with Gasteiger partial charge in [0.1, 0.15) is 11.3 Å². The van der Waals surface area contributed by atoms with Crippen molar-refractivity contribution >= 4 is 28.3 Å². The lowest BCUT2D eigenvalue weighted by Gasteiger charge is -2.28. The first-order chi connectivity index (χ1) is 16.5. The van der Waals surface area contributed by atoms with Crippen molar-refractivity contribution in [3.05, 3.63) is 93.6 Å². The Labute approximate surface area is 197 Å². The molecular weight excluding hydrogens is 428 g/mol. The third-order valence-corrected chi connectivity index (χ3v) is 6.09. The summed E-state index contributed by atoms with van der Waals surface area (Å²) in [5, 5.41) is 3.52. The lowest BCUT2D eigenvalue weighted by atomic mass is 10.1. The van der Waals surface area contributed by atoms with Gasteiger partial charge in [-0.3, -0.25) is 9.59 Å². The van der Waals surface area contributed by atoms with Crippen LogP contribution in [0.1, 0.15) is 21.5 Å². The second-order valence-corrected chi connectivity index (χ2v) is 8.61. The molecule has 34 heavy (non-hydrogen) atoms. The minimum Gasteiger partial charge on any atom is -0.456 e. The van der Waals surface area contributed by atoms with Gasteiger partial charge in [-0.1, -0.05) is 18.2 Å². The minimum atomic E-state index is -0.197. The molecule has 2 heterocycles. The van der Waals surface area contributed by atoms with Crippen molar-refractivity contribution in [2.24, 2.45) is 0 Å². The third-order valence-electron chi connectivity index (χ3n) is 6.09. The first-order valence-corrected chi connectivity index (χ1v) is 11.4. The van der Waals surface area contributed by atoms with Gasteiger partial charge in [0.05, 0.1) is 18.6 Å². The summed E-state index contributed by atoms with van der Waals surface area (Å²) in [6.07, 6.45) is 0. The fourth-order valence-corrected chi connectivity index (χ4v) is 4.32. The summed E-state index contributed by atoms with van der Waals surface area (Å²) >= 11 is 0. The van der Waals surface area contributed by atoms with Crippen molar-refractivity contribution in [1.82, 2.24) is 0 Å². The van der Waals surface area contributed by atoms with Crippen LogP contribution in [0.5, 0.6) is 0 Å². The number of anilines is 2. The maximum absolute atomic E-state index is 12.7. The molecule has 1 aromatic heterocycles. The normalized spacial score (nSPS) is 13.8. The molecule has 1 aliphatic heterocycles. The zero-order valence-electron chi connectivity index (χ0n) is 19.3. The maximum atomic E-state index is 12.7. The Hall–Kier alpha value is -3.90. The Morgan fingerprint density at radius 2 is 1.62 bits per heavy atom.